The predicted molar refractivity (Wildman–Crippen MR) is 77.1 cm³/mol. The van der Waals surface area contributed by atoms with Gasteiger partial charge >= 0.3 is 5.97 Å². The van der Waals surface area contributed by atoms with Crippen molar-refractivity contribution in [3.63, 3.8) is 0 Å². The first kappa shape index (κ1) is 16.3. The molecule has 0 heterocycles. The Bertz CT molecular complexity index is 420. The summed E-state index contributed by atoms with van der Waals surface area (Å²) >= 11 is 0. The number of benzene rings is 1. The van der Waals surface area contributed by atoms with Crippen LogP contribution in [0.5, 0.6) is 11.5 Å². The Kier molecular flexibility index (Phi) is 7.50. The number of carbonyl (C=O) groups is 1. The molecule has 0 amide bonds. The molecule has 1 rings (SSSR count). The van der Waals surface area contributed by atoms with Gasteiger partial charge in [-0.25, -0.2) is 4.79 Å². The molecule has 0 atom stereocenters. The van der Waals surface area contributed by atoms with Crippen LogP contribution in [0.2, 0.25) is 0 Å². The minimum absolute atomic E-state index is 0.115. The van der Waals surface area contributed by atoms with Gasteiger partial charge in [0.2, 0.25) is 0 Å². The summed E-state index contributed by atoms with van der Waals surface area (Å²) in [6, 6.07) is 5.56. The summed E-state index contributed by atoms with van der Waals surface area (Å²) in [6.07, 6.45) is 2.63. The SMILES string of the molecule is CCCCOC(=O)COc1ccc(CCN)cc1OC. The number of esters is 1. The van der Waals surface area contributed by atoms with Gasteiger partial charge in [0.15, 0.2) is 18.1 Å². The maximum atomic E-state index is 11.5. The van der Waals surface area contributed by atoms with E-state index < -0.39 is 0 Å². The van der Waals surface area contributed by atoms with Crippen LogP contribution in [0.3, 0.4) is 0 Å². The summed E-state index contributed by atoms with van der Waals surface area (Å²) in [4.78, 5) is 11.5. The Balaban J connectivity index is 2.52. The van der Waals surface area contributed by atoms with Crippen LogP contribution in [0.15, 0.2) is 18.2 Å². The number of unbranched alkanes of at least 4 members (excludes halogenated alkanes) is 1. The van der Waals surface area contributed by atoms with Gasteiger partial charge in [-0.3, -0.25) is 0 Å². The van der Waals surface area contributed by atoms with Crippen molar-refractivity contribution in [3.8, 4) is 11.5 Å². The molecule has 112 valence electrons. The van der Waals surface area contributed by atoms with E-state index in [1.165, 1.54) is 0 Å². The molecule has 0 aliphatic heterocycles. The van der Waals surface area contributed by atoms with Crippen LogP contribution in [0.1, 0.15) is 25.3 Å². The summed E-state index contributed by atoms with van der Waals surface area (Å²) < 4.78 is 15.7. The monoisotopic (exact) mass is 281 g/mol. The van der Waals surface area contributed by atoms with E-state index >= 15 is 0 Å². The van der Waals surface area contributed by atoms with E-state index in [0.717, 1.165) is 24.8 Å². The normalized spacial score (nSPS) is 10.2. The Morgan fingerprint density at radius 2 is 2.10 bits per heavy atom. The lowest BCUT2D eigenvalue weighted by atomic mass is 10.1. The van der Waals surface area contributed by atoms with Crippen molar-refractivity contribution in [1.82, 2.24) is 0 Å². The third-order valence-electron chi connectivity index (χ3n) is 2.77. The van der Waals surface area contributed by atoms with E-state index in [4.69, 9.17) is 19.9 Å². The van der Waals surface area contributed by atoms with Crippen molar-refractivity contribution in [3.05, 3.63) is 23.8 Å². The van der Waals surface area contributed by atoms with Gasteiger partial charge in [-0.1, -0.05) is 19.4 Å². The molecule has 0 fully saturated rings. The largest absolute Gasteiger partial charge is 0.493 e. The maximum absolute atomic E-state index is 11.5. The molecule has 5 heteroatoms. The van der Waals surface area contributed by atoms with Crippen molar-refractivity contribution >= 4 is 5.97 Å². The highest BCUT2D eigenvalue weighted by atomic mass is 16.6. The van der Waals surface area contributed by atoms with E-state index in [1.54, 1.807) is 13.2 Å². The molecule has 2 N–H and O–H groups in total. The Hall–Kier alpha value is -1.75. The van der Waals surface area contributed by atoms with E-state index in [2.05, 4.69) is 0 Å². The number of ether oxygens (including phenoxy) is 3. The molecule has 0 spiro atoms. The zero-order chi connectivity index (χ0) is 14.8. The van der Waals surface area contributed by atoms with E-state index in [0.29, 0.717) is 24.7 Å². The summed E-state index contributed by atoms with van der Waals surface area (Å²) in [6.45, 7) is 2.94. The van der Waals surface area contributed by atoms with Crippen LogP contribution in [-0.4, -0.2) is 32.8 Å². The molecule has 0 aliphatic rings. The molecule has 0 aliphatic carbocycles. The number of rotatable bonds is 9. The molecular weight excluding hydrogens is 258 g/mol. The Morgan fingerprint density at radius 3 is 2.75 bits per heavy atom. The first-order valence-corrected chi connectivity index (χ1v) is 6.86. The molecule has 20 heavy (non-hydrogen) atoms. The average molecular weight is 281 g/mol. The number of hydrogen-bond acceptors (Lipinski definition) is 5. The molecule has 0 radical (unpaired) electrons. The molecule has 5 nitrogen and oxygen atoms in total. The Labute approximate surface area is 120 Å². The van der Waals surface area contributed by atoms with Gasteiger partial charge in [-0.2, -0.15) is 0 Å². The quantitative estimate of drug-likeness (QED) is 0.553. The fourth-order valence-electron chi connectivity index (χ4n) is 1.66. The standard InChI is InChI=1S/C15H23NO4/c1-3-4-9-19-15(17)11-20-13-6-5-12(7-8-16)10-14(13)18-2/h5-6,10H,3-4,7-9,11,16H2,1-2H3. The number of carbonyl (C=O) groups excluding carboxylic acids is 1. The second kappa shape index (κ2) is 9.20. The zero-order valence-electron chi connectivity index (χ0n) is 12.2. The van der Waals surface area contributed by atoms with Crippen LogP contribution in [0.4, 0.5) is 0 Å². The van der Waals surface area contributed by atoms with Crippen molar-refractivity contribution in [2.75, 3.05) is 26.9 Å². The van der Waals surface area contributed by atoms with E-state index in [-0.39, 0.29) is 12.6 Å². The number of nitrogens with two attached hydrogens (primary N) is 1. The summed E-state index contributed by atoms with van der Waals surface area (Å²) in [5.74, 6) is 0.754. The molecule has 1 aromatic rings. The lowest BCUT2D eigenvalue weighted by Gasteiger charge is -2.11. The van der Waals surface area contributed by atoms with Gasteiger partial charge in [-0.15, -0.1) is 0 Å². The summed E-state index contributed by atoms with van der Waals surface area (Å²) in [5.41, 5.74) is 6.58. The molecule has 0 aromatic heterocycles. The Morgan fingerprint density at radius 1 is 1.30 bits per heavy atom. The highest BCUT2D eigenvalue weighted by Gasteiger charge is 2.09. The van der Waals surface area contributed by atoms with E-state index in [9.17, 15) is 4.79 Å². The smallest absolute Gasteiger partial charge is 0.344 e. The van der Waals surface area contributed by atoms with Gasteiger partial charge in [0.25, 0.3) is 0 Å². The van der Waals surface area contributed by atoms with E-state index in [1.807, 2.05) is 19.1 Å². The third kappa shape index (κ3) is 5.48. The van der Waals surface area contributed by atoms with Crippen molar-refractivity contribution in [1.29, 1.82) is 0 Å². The third-order valence-corrected chi connectivity index (χ3v) is 2.77. The fourth-order valence-corrected chi connectivity index (χ4v) is 1.66. The van der Waals surface area contributed by atoms with Gasteiger partial charge in [0, 0.05) is 0 Å². The second-order valence-corrected chi connectivity index (χ2v) is 4.39. The molecule has 0 bridgehead atoms. The van der Waals surface area contributed by atoms with Gasteiger partial charge < -0.3 is 19.9 Å². The zero-order valence-corrected chi connectivity index (χ0v) is 12.2. The fraction of sp³-hybridized carbons (Fsp3) is 0.533. The number of methoxy groups -OCH3 is 1. The minimum atomic E-state index is -0.369. The molecule has 0 saturated heterocycles. The van der Waals surface area contributed by atoms with Crippen molar-refractivity contribution in [2.24, 2.45) is 5.73 Å². The lowest BCUT2D eigenvalue weighted by molar-refractivity contribution is -0.146. The van der Waals surface area contributed by atoms with Crippen LogP contribution in [-0.2, 0) is 16.0 Å². The molecule has 0 unspecified atom stereocenters. The van der Waals surface area contributed by atoms with Crippen LogP contribution >= 0.6 is 0 Å². The van der Waals surface area contributed by atoms with Gasteiger partial charge in [-0.05, 0) is 37.1 Å². The predicted octanol–water partition coefficient (Wildman–Crippen LogP) is 1.92. The highest BCUT2D eigenvalue weighted by molar-refractivity contribution is 5.71. The van der Waals surface area contributed by atoms with Gasteiger partial charge in [0.1, 0.15) is 0 Å². The average Bonchev–Trinajstić information content (AvgIpc) is 2.46. The first-order chi connectivity index (χ1) is 9.71. The van der Waals surface area contributed by atoms with Gasteiger partial charge in [0.05, 0.1) is 13.7 Å². The maximum Gasteiger partial charge on any atom is 0.344 e. The van der Waals surface area contributed by atoms with Crippen LogP contribution in [0, 0.1) is 0 Å². The molecule has 0 saturated carbocycles. The topological polar surface area (TPSA) is 70.8 Å². The molecule has 1 aromatic carbocycles. The minimum Gasteiger partial charge on any atom is -0.493 e. The number of hydrogen-bond donors (Lipinski definition) is 1. The van der Waals surface area contributed by atoms with Crippen LogP contribution < -0.4 is 15.2 Å². The lowest BCUT2D eigenvalue weighted by Crippen LogP contribution is -2.15. The molecular formula is C15H23NO4. The second-order valence-electron chi connectivity index (χ2n) is 4.39. The summed E-state index contributed by atoms with van der Waals surface area (Å²) in [5, 5.41) is 0. The van der Waals surface area contributed by atoms with Crippen LogP contribution in [0.25, 0.3) is 0 Å². The highest BCUT2D eigenvalue weighted by Crippen LogP contribution is 2.28. The summed E-state index contributed by atoms with van der Waals surface area (Å²) in [7, 11) is 1.56. The van der Waals surface area contributed by atoms with Crippen molar-refractivity contribution < 1.29 is 19.0 Å². The van der Waals surface area contributed by atoms with Crippen molar-refractivity contribution in [2.45, 2.75) is 26.2 Å². The first-order valence-electron chi connectivity index (χ1n) is 6.86.